The number of ether oxygens (including phenoxy) is 1. The fourth-order valence-electron chi connectivity index (χ4n) is 1.86. The van der Waals surface area contributed by atoms with Gasteiger partial charge in [0.25, 0.3) is 5.91 Å². The van der Waals surface area contributed by atoms with Crippen molar-refractivity contribution in [2.75, 3.05) is 13.2 Å². The third-order valence-corrected chi connectivity index (χ3v) is 3.03. The van der Waals surface area contributed by atoms with Crippen molar-refractivity contribution < 1.29 is 32.6 Å². The lowest BCUT2D eigenvalue weighted by Gasteiger charge is -2.23. The molecule has 20 heavy (non-hydrogen) atoms. The summed E-state index contributed by atoms with van der Waals surface area (Å²) in [4.78, 5) is 23.0. The minimum atomic E-state index is -1.70. The monoisotopic (exact) mass is 289 g/mol. The van der Waals surface area contributed by atoms with Crippen molar-refractivity contribution in [3.63, 3.8) is 0 Å². The lowest BCUT2D eigenvalue weighted by atomic mass is 9.98. The molecule has 0 saturated carbocycles. The van der Waals surface area contributed by atoms with Crippen LogP contribution in [0.4, 0.5) is 13.2 Å². The Morgan fingerprint density at radius 3 is 2.30 bits per heavy atom. The molecule has 0 aromatic heterocycles. The summed E-state index contributed by atoms with van der Waals surface area (Å²) < 4.78 is 43.8. The molecule has 0 aliphatic carbocycles. The molecule has 1 aromatic carbocycles. The maximum absolute atomic E-state index is 13.0. The zero-order valence-corrected chi connectivity index (χ0v) is 10.1. The highest BCUT2D eigenvalue weighted by Crippen LogP contribution is 2.21. The van der Waals surface area contributed by atoms with E-state index in [0.29, 0.717) is 12.1 Å². The van der Waals surface area contributed by atoms with E-state index in [1.165, 1.54) is 0 Å². The predicted molar refractivity (Wildman–Crippen MR) is 59.6 cm³/mol. The third-order valence-electron chi connectivity index (χ3n) is 3.03. The molecular weight excluding hydrogens is 279 g/mol. The molecule has 1 saturated heterocycles. The van der Waals surface area contributed by atoms with Gasteiger partial charge in [0.1, 0.15) is 0 Å². The van der Waals surface area contributed by atoms with Gasteiger partial charge in [-0.1, -0.05) is 0 Å². The van der Waals surface area contributed by atoms with Crippen LogP contribution in [0.1, 0.15) is 16.8 Å². The predicted octanol–water partition coefficient (Wildman–Crippen LogP) is 1.08. The number of halogens is 3. The van der Waals surface area contributed by atoms with Crippen molar-refractivity contribution in [1.82, 2.24) is 5.32 Å². The summed E-state index contributed by atoms with van der Waals surface area (Å²) in [5, 5.41) is 11.3. The van der Waals surface area contributed by atoms with Crippen LogP contribution in [-0.2, 0) is 9.53 Å². The standard InChI is InChI=1S/C12H10F3NO4/c13-7-3-6(4-8(14)9(7)15)10(17)16-12(11(18)19)1-2-20-5-12/h3-4H,1-2,5H2,(H,16,17)(H,18,19). The Hall–Kier alpha value is -2.09. The maximum Gasteiger partial charge on any atom is 0.331 e. The normalized spacial score (nSPS) is 21.8. The molecule has 1 heterocycles. The van der Waals surface area contributed by atoms with Gasteiger partial charge in [0.05, 0.1) is 6.61 Å². The van der Waals surface area contributed by atoms with E-state index in [-0.39, 0.29) is 19.6 Å². The summed E-state index contributed by atoms with van der Waals surface area (Å²) in [6.45, 7) is -0.112. The lowest BCUT2D eigenvalue weighted by molar-refractivity contribution is -0.144. The summed E-state index contributed by atoms with van der Waals surface area (Å²) in [6, 6.07) is 0.998. The highest BCUT2D eigenvalue weighted by Gasteiger charge is 2.44. The molecule has 2 rings (SSSR count). The van der Waals surface area contributed by atoms with Crippen LogP contribution in [-0.4, -0.2) is 35.7 Å². The summed E-state index contributed by atoms with van der Waals surface area (Å²) in [5.74, 6) is -7.08. The Balaban J connectivity index is 2.26. The fraction of sp³-hybridized carbons (Fsp3) is 0.333. The molecule has 5 nitrogen and oxygen atoms in total. The number of nitrogens with one attached hydrogen (secondary N) is 1. The van der Waals surface area contributed by atoms with E-state index >= 15 is 0 Å². The molecule has 1 unspecified atom stereocenters. The van der Waals surface area contributed by atoms with Gasteiger partial charge in [-0.25, -0.2) is 18.0 Å². The number of benzene rings is 1. The number of amides is 1. The largest absolute Gasteiger partial charge is 0.479 e. The van der Waals surface area contributed by atoms with Gasteiger partial charge in [0, 0.05) is 18.6 Å². The van der Waals surface area contributed by atoms with Crippen LogP contribution in [0, 0.1) is 17.5 Å². The summed E-state index contributed by atoms with van der Waals surface area (Å²) >= 11 is 0. The number of hydrogen-bond acceptors (Lipinski definition) is 3. The van der Waals surface area contributed by atoms with Gasteiger partial charge in [0.2, 0.25) is 0 Å². The second-order valence-corrected chi connectivity index (χ2v) is 4.40. The van der Waals surface area contributed by atoms with Gasteiger partial charge >= 0.3 is 5.97 Å². The Labute approximate surface area is 111 Å². The molecule has 0 bridgehead atoms. The van der Waals surface area contributed by atoms with Gasteiger partial charge in [0.15, 0.2) is 23.0 Å². The van der Waals surface area contributed by atoms with Crippen molar-refractivity contribution in [3.05, 3.63) is 35.1 Å². The number of aliphatic carboxylic acids is 1. The number of carboxylic acids is 1. The number of hydrogen-bond donors (Lipinski definition) is 2. The first-order chi connectivity index (χ1) is 9.35. The highest BCUT2D eigenvalue weighted by atomic mass is 19.2. The van der Waals surface area contributed by atoms with Crippen LogP contribution < -0.4 is 5.32 Å². The van der Waals surface area contributed by atoms with Crippen LogP contribution in [0.25, 0.3) is 0 Å². The molecule has 0 radical (unpaired) electrons. The fourth-order valence-corrected chi connectivity index (χ4v) is 1.86. The number of carbonyl (C=O) groups excluding carboxylic acids is 1. The van der Waals surface area contributed by atoms with Gasteiger partial charge < -0.3 is 15.2 Å². The number of rotatable bonds is 3. The van der Waals surface area contributed by atoms with E-state index in [1.54, 1.807) is 0 Å². The first-order valence-corrected chi connectivity index (χ1v) is 5.64. The van der Waals surface area contributed by atoms with E-state index in [4.69, 9.17) is 9.84 Å². The Kier molecular flexibility index (Phi) is 3.67. The molecule has 1 aliphatic heterocycles. The number of carboxylic acid groups (broad SMARTS) is 1. The maximum atomic E-state index is 13.0. The Morgan fingerprint density at radius 1 is 1.25 bits per heavy atom. The van der Waals surface area contributed by atoms with Gasteiger partial charge in [-0.3, -0.25) is 4.79 Å². The Morgan fingerprint density at radius 2 is 1.85 bits per heavy atom. The molecule has 2 N–H and O–H groups in total. The van der Waals surface area contributed by atoms with Crippen LogP contribution in [0.5, 0.6) is 0 Å². The molecule has 1 aromatic rings. The topological polar surface area (TPSA) is 75.6 Å². The summed E-state index contributed by atoms with van der Waals surface area (Å²) in [6.07, 6.45) is 0.0280. The minimum Gasteiger partial charge on any atom is -0.479 e. The van der Waals surface area contributed by atoms with Crippen LogP contribution in [0.3, 0.4) is 0 Å². The van der Waals surface area contributed by atoms with E-state index in [9.17, 15) is 22.8 Å². The van der Waals surface area contributed by atoms with Crippen molar-refractivity contribution in [1.29, 1.82) is 0 Å². The van der Waals surface area contributed by atoms with Crippen LogP contribution in [0.15, 0.2) is 12.1 Å². The average Bonchev–Trinajstić information content (AvgIpc) is 2.85. The zero-order chi connectivity index (χ0) is 14.9. The molecule has 1 amide bonds. The second-order valence-electron chi connectivity index (χ2n) is 4.40. The first-order valence-electron chi connectivity index (χ1n) is 5.64. The van der Waals surface area contributed by atoms with Gasteiger partial charge in [-0.2, -0.15) is 0 Å². The zero-order valence-electron chi connectivity index (χ0n) is 10.1. The van der Waals surface area contributed by atoms with Crippen LogP contribution >= 0.6 is 0 Å². The van der Waals surface area contributed by atoms with Gasteiger partial charge in [-0.05, 0) is 12.1 Å². The van der Waals surface area contributed by atoms with E-state index in [2.05, 4.69) is 5.32 Å². The minimum absolute atomic E-state index is 0.0280. The van der Waals surface area contributed by atoms with Crippen molar-refractivity contribution in [2.24, 2.45) is 0 Å². The smallest absolute Gasteiger partial charge is 0.331 e. The second kappa shape index (κ2) is 5.12. The van der Waals surface area contributed by atoms with E-state index in [1.807, 2.05) is 0 Å². The SMILES string of the molecule is O=C(NC1(C(=O)O)CCOC1)c1cc(F)c(F)c(F)c1. The molecule has 1 fully saturated rings. The molecular formula is C12H10F3NO4. The molecule has 108 valence electrons. The van der Waals surface area contributed by atoms with E-state index in [0.717, 1.165) is 0 Å². The van der Waals surface area contributed by atoms with E-state index < -0.39 is 40.4 Å². The van der Waals surface area contributed by atoms with Crippen molar-refractivity contribution in [2.45, 2.75) is 12.0 Å². The first kappa shape index (κ1) is 14.3. The molecule has 0 spiro atoms. The average molecular weight is 289 g/mol. The van der Waals surface area contributed by atoms with Crippen molar-refractivity contribution >= 4 is 11.9 Å². The van der Waals surface area contributed by atoms with Crippen LogP contribution in [0.2, 0.25) is 0 Å². The molecule has 8 heteroatoms. The lowest BCUT2D eigenvalue weighted by Crippen LogP contribution is -2.55. The quantitative estimate of drug-likeness (QED) is 0.816. The molecule has 1 aliphatic rings. The van der Waals surface area contributed by atoms with Gasteiger partial charge in [-0.15, -0.1) is 0 Å². The Bertz CT molecular complexity index is 547. The highest BCUT2D eigenvalue weighted by molar-refractivity contribution is 5.98. The molecule has 1 atom stereocenters. The number of carbonyl (C=O) groups is 2. The summed E-state index contributed by atoms with van der Waals surface area (Å²) in [7, 11) is 0. The summed E-state index contributed by atoms with van der Waals surface area (Å²) in [5.41, 5.74) is -2.15. The third kappa shape index (κ3) is 2.46. The van der Waals surface area contributed by atoms with Crippen molar-refractivity contribution in [3.8, 4) is 0 Å².